The molecule has 1 spiro atoms. The second-order valence-electron chi connectivity index (χ2n) is 5.95. The van der Waals surface area contributed by atoms with Crippen LogP contribution in [0, 0.1) is 17.3 Å². The first-order valence-electron chi connectivity index (χ1n) is 6.60. The molecule has 4 nitrogen and oxygen atoms in total. The number of fused-ring (bicyclic) bond motifs is 3. The number of rotatable bonds is 3. The summed E-state index contributed by atoms with van der Waals surface area (Å²) >= 11 is 1.76. The number of hydrogen-bond donors (Lipinski definition) is 0. The van der Waals surface area contributed by atoms with Gasteiger partial charge in [0.2, 0.25) is 0 Å². The van der Waals surface area contributed by atoms with Crippen LogP contribution in [0.2, 0.25) is 0 Å². The molecule has 1 aliphatic heterocycles. The second-order valence-corrected chi connectivity index (χ2v) is 7.45. The molecule has 3 fully saturated rings. The predicted octanol–water partition coefficient (Wildman–Crippen LogP) is 2.03. The van der Waals surface area contributed by atoms with E-state index in [1.54, 1.807) is 22.6 Å². The molecule has 3 aliphatic rings. The first-order valence-corrected chi connectivity index (χ1v) is 7.85. The number of carbonyl (C=O) groups excluding carboxylic acids is 2. The van der Waals surface area contributed by atoms with Crippen molar-refractivity contribution in [3.8, 4) is 0 Å². The van der Waals surface area contributed by atoms with Gasteiger partial charge in [-0.1, -0.05) is 22.6 Å². The molecule has 6 heteroatoms. The summed E-state index contributed by atoms with van der Waals surface area (Å²) in [4.78, 5) is 23.1. The standard InChI is InChI=1S/C13H16FIO4/c14-5-9(15)12(17)19-10-2-7-1-8(10)13(3-7)4-11(16)18-6-13/h7-10H,1-6H2. The van der Waals surface area contributed by atoms with Crippen LogP contribution in [-0.4, -0.2) is 35.2 Å². The van der Waals surface area contributed by atoms with E-state index in [4.69, 9.17) is 9.47 Å². The number of alkyl halides is 2. The van der Waals surface area contributed by atoms with Crippen LogP contribution in [0.4, 0.5) is 4.39 Å². The smallest absolute Gasteiger partial charge is 0.321 e. The van der Waals surface area contributed by atoms with Gasteiger partial charge in [0.15, 0.2) is 0 Å². The average molecular weight is 382 g/mol. The molecule has 0 aromatic carbocycles. The molecule has 0 N–H and O–H groups in total. The number of ether oxygens (including phenoxy) is 2. The van der Waals surface area contributed by atoms with Gasteiger partial charge in [-0.25, -0.2) is 4.39 Å². The third-order valence-corrected chi connectivity index (χ3v) is 5.60. The van der Waals surface area contributed by atoms with Crippen molar-refractivity contribution < 1.29 is 23.5 Å². The maximum Gasteiger partial charge on any atom is 0.321 e. The minimum Gasteiger partial charge on any atom is -0.465 e. The summed E-state index contributed by atoms with van der Waals surface area (Å²) < 4.78 is 22.3. The number of esters is 2. The summed E-state index contributed by atoms with van der Waals surface area (Å²) in [6.45, 7) is -0.245. The van der Waals surface area contributed by atoms with E-state index in [-0.39, 0.29) is 23.4 Å². The minimum atomic E-state index is -0.728. The van der Waals surface area contributed by atoms with Gasteiger partial charge in [-0.15, -0.1) is 0 Å². The Morgan fingerprint density at radius 1 is 1.58 bits per heavy atom. The molecule has 106 valence electrons. The molecular weight excluding hydrogens is 366 g/mol. The predicted molar refractivity (Wildman–Crippen MR) is 72.5 cm³/mol. The highest BCUT2D eigenvalue weighted by atomic mass is 127. The van der Waals surface area contributed by atoms with Gasteiger partial charge in [0, 0.05) is 11.3 Å². The van der Waals surface area contributed by atoms with Crippen molar-refractivity contribution in [3.05, 3.63) is 0 Å². The molecule has 2 aliphatic carbocycles. The lowest BCUT2D eigenvalue weighted by atomic mass is 9.71. The molecule has 5 atom stereocenters. The van der Waals surface area contributed by atoms with Gasteiger partial charge in [-0.3, -0.25) is 9.59 Å². The highest BCUT2D eigenvalue weighted by Crippen LogP contribution is 2.60. The second kappa shape index (κ2) is 4.86. The van der Waals surface area contributed by atoms with E-state index in [0.717, 1.165) is 19.3 Å². The molecule has 0 amide bonds. The topological polar surface area (TPSA) is 52.6 Å². The third kappa shape index (κ3) is 2.25. The van der Waals surface area contributed by atoms with E-state index in [0.29, 0.717) is 18.9 Å². The van der Waals surface area contributed by atoms with E-state index in [1.165, 1.54) is 0 Å². The molecule has 3 rings (SSSR count). The van der Waals surface area contributed by atoms with Gasteiger partial charge in [-0.05, 0) is 25.2 Å². The van der Waals surface area contributed by atoms with Crippen molar-refractivity contribution >= 4 is 34.5 Å². The fourth-order valence-electron chi connectivity index (χ4n) is 4.04. The Kier molecular flexibility index (Phi) is 3.47. The molecule has 0 aromatic rings. The van der Waals surface area contributed by atoms with E-state index < -0.39 is 16.6 Å². The largest absolute Gasteiger partial charge is 0.465 e. The normalized spacial score (nSPS) is 41.6. The van der Waals surface area contributed by atoms with Crippen LogP contribution in [0.15, 0.2) is 0 Å². The minimum absolute atomic E-state index is 0.124. The quantitative estimate of drug-likeness (QED) is 0.426. The summed E-state index contributed by atoms with van der Waals surface area (Å²) in [6, 6.07) is 0. The zero-order valence-corrected chi connectivity index (χ0v) is 12.6. The van der Waals surface area contributed by atoms with E-state index in [9.17, 15) is 14.0 Å². The Labute approximate surface area is 124 Å². The van der Waals surface area contributed by atoms with Crippen molar-refractivity contribution in [2.45, 2.75) is 35.7 Å². The van der Waals surface area contributed by atoms with Gasteiger partial charge in [-0.2, -0.15) is 0 Å². The summed E-state index contributed by atoms with van der Waals surface area (Å²) in [5.74, 6) is 0.0978. The van der Waals surface area contributed by atoms with Crippen LogP contribution in [0.1, 0.15) is 25.7 Å². The Morgan fingerprint density at radius 2 is 2.37 bits per heavy atom. The zero-order chi connectivity index (χ0) is 13.6. The van der Waals surface area contributed by atoms with E-state index >= 15 is 0 Å². The van der Waals surface area contributed by atoms with E-state index in [2.05, 4.69) is 0 Å². The molecule has 0 aromatic heterocycles. The van der Waals surface area contributed by atoms with Gasteiger partial charge >= 0.3 is 11.9 Å². The number of hydrogen-bond acceptors (Lipinski definition) is 4. The lowest BCUT2D eigenvalue weighted by Crippen LogP contribution is -2.40. The van der Waals surface area contributed by atoms with Crippen molar-refractivity contribution in [2.75, 3.05) is 13.3 Å². The van der Waals surface area contributed by atoms with Crippen LogP contribution < -0.4 is 0 Å². The van der Waals surface area contributed by atoms with Gasteiger partial charge in [0.1, 0.15) is 16.7 Å². The lowest BCUT2D eigenvalue weighted by molar-refractivity contribution is -0.153. The summed E-state index contributed by atoms with van der Waals surface area (Å²) in [7, 11) is 0. The SMILES string of the molecule is O=C1CC2(CO1)CC1CC(OC(=O)C(I)CF)C2C1. The molecular formula is C13H16FIO4. The molecule has 1 saturated heterocycles. The molecule has 0 radical (unpaired) electrons. The highest BCUT2D eigenvalue weighted by Gasteiger charge is 2.60. The molecule has 2 saturated carbocycles. The Balaban J connectivity index is 1.69. The van der Waals surface area contributed by atoms with Gasteiger partial charge in [0.05, 0.1) is 13.0 Å². The van der Waals surface area contributed by atoms with Crippen molar-refractivity contribution in [1.82, 2.24) is 0 Å². The Hall–Kier alpha value is -0.400. The van der Waals surface area contributed by atoms with Crippen molar-refractivity contribution in [3.63, 3.8) is 0 Å². The van der Waals surface area contributed by atoms with Crippen LogP contribution in [0.5, 0.6) is 0 Å². The maximum atomic E-state index is 12.5. The third-order valence-electron chi connectivity index (χ3n) is 4.76. The fraction of sp³-hybridized carbons (Fsp3) is 0.846. The van der Waals surface area contributed by atoms with E-state index in [1.807, 2.05) is 0 Å². The number of halogens is 2. The van der Waals surface area contributed by atoms with Crippen molar-refractivity contribution in [2.24, 2.45) is 17.3 Å². The van der Waals surface area contributed by atoms with Crippen molar-refractivity contribution in [1.29, 1.82) is 0 Å². The number of carbonyl (C=O) groups is 2. The maximum absolute atomic E-state index is 12.5. The first kappa shape index (κ1) is 13.6. The van der Waals surface area contributed by atoms with Crippen LogP contribution in [0.3, 0.4) is 0 Å². The van der Waals surface area contributed by atoms with Crippen LogP contribution >= 0.6 is 22.6 Å². The Bertz CT molecular complexity index is 415. The van der Waals surface area contributed by atoms with Gasteiger partial charge in [0.25, 0.3) is 0 Å². The first-order chi connectivity index (χ1) is 9.04. The fourth-order valence-corrected chi connectivity index (χ4v) is 4.18. The summed E-state index contributed by atoms with van der Waals surface area (Å²) in [6.07, 6.45) is 3.12. The molecule has 19 heavy (non-hydrogen) atoms. The zero-order valence-electron chi connectivity index (χ0n) is 10.4. The monoisotopic (exact) mass is 382 g/mol. The lowest BCUT2D eigenvalue weighted by Gasteiger charge is -2.36. The van der Waals surface area contributed by atoms with Crippen LogP contribution in [0.25, 0.3) is 0 Å². The molecule has 5 unspecified atom stereocenters. The molecule has 1 heterocycles. The molecule has 2 bridgehead atoms. The van der Waals surface area contributed by atoms with Gasteiger partial charge < -0.3 is 9.47 Å². The average Bonchev–Trinajstić information content (AvgIpc) is 3.03. The number of cyclic esters (lactones) is 1. The Morgan fingerprint density at radius 3 is 2.95 bits per heavy atom. The van der Waals surface area contributed by atoms with Crippen LogP contribution in [-0.2, 0) is 19.1 Å². The summed E-state index contributed by atoms with van der Waals surface area (Å²) in [5, 5.41) is 0. The highest BCUT2D eigenvalue weighted by molar-refractivity contribution is 14.1. The summed E-state index contributed by atoms with van der Waals surface area (Å²) in [5.41, 5.74) is -0.124.